The zero-order valence-electron chi connectivity index (χ0n) is 82.8. The Morgan fingerprint density at radius 1 is 0.329 bits per heavy atom. The largest absolute Gasteiger partial charge is 0.508 e. The van der Waals surface area contributed by atoms with Crippen molar-refractivity contribution < 1.29 is 59.9 Å². The number of phenols is 5. The standard InChI is InChI=1S/C31H35NO4.4C20H23NO.C11H12O3.CH4O/c1-30-18-23-11-6-7-12-24(23)19-31(30,25-13-8-14-26(33)17-25)15-16-32(21-30)20-27(29(35)36-2)28(34)22-9-4-3-5-10-22;4*1-19-12-15-5-2-3-6-16(15)13-20(19,9-10-21-14-19)17-7-4-8-18(22)11-17;1-8(11(13)14-2)10(12)9-6-4-3-5-7-9;1-2/h3-14,17,27-28,33-34H,15-16,18-21H2,1-2H3;4*2-8,11,21-22H,9-10,12-14H2,1H3;3-7,10,12H,1H2,2H3;2H,1H3/t27-,28-,30-,31-;4*19-,20-;10-;/m011001./s1. The highest BCUT2D eigenvalue weighted by Gasteiger charge is 2.59. The lowest BCUT2D eigenvalue weighted by Gasteiger charge is -2.58. The summed E-state index contributed by atoms with van der Waals surface area (Å²) in [5.41, 5.74) is 23.3. The summed E-state index contributed by atoms with van der Waals surface area (Å²) in [4.78, 5) is 26.2. The molecule has 12 N–H and O–H groups in total. The van der Waals surface area contributed by atoms with Crippen molar-refractivity contribution in [3.05, 3.63) is 410 Å². The number of nitrogens with one attached hydrogen (secondary N) is 4. The number of carbonyl (C=O) groups excluding carboxylic acids is 2. The van der Waals surface area contributed by atoms with Gasteiger partial charge in [0.05, 0.1) is 31.8 Å². The van der Waals surface area contributed by atoms with Gasteiger partial charge in [-0.1, -0.05) is 284 Å². The molecule has 0 saturated carbocycles. The molecule has 10 aliphatic rings. The van der Waals surface area contributed by atoms with Crippen molar-refractivity contribution in [3.63, 3.8) is 0 Å². The van der Waals surface area contributed by atoms with E-state index in [1.807, 2.05) is 97.1 Å². The van der Waals surface area contributed by atoms with E-state index in [0.717, 1.165) is 174 Å². The van der Waals surface area contributed by atoms with Gasteiger partial charge in [0.15, 0.2) is 0 Å². The first-order valence-corrected chi connectivity index (χ1v) is 50.2. The average Bonchev–Trinajstić information content (AvgIpc) is 0.697. The molecule has 17 nitrogen and oxygen atoms in total. The molecule has 5 aliphatic carbocycles. The molecule has 13 atom stereocenters. The van der Waals surface area contributed by atoms with E-state index >= 15 is 0 Å². The first-order chi connectivity index (χ1) is 67.5. The second-order valence-electron chi connectivity index (χ2n) is 42.6. The molecule has 732 valence electrons. The van der Waals surface area contributed by atoms with Crippen molar-refractivity contribution in [1.29, 1.82) is 0 Å². The molecular formula is C123H143N5O12. The van der Waals surface area contributed by atoms with E-state index in [1.165, 1.54) is 97.7 Å². The summed E-state index contributed by atoms with van der Waals surface area (Å²) in [6, 6.07) is 102. The van der Waals surface area contributed by atoms with Crippen LogP contribution >= 0.6 is 0 Å². The van der Waals surface area contributed by atoms with E-state index < -0.39 is 30.1 Å². The summed E-state index contributed by atoms with van der Waals surface area (Å²) in [7, 11) is 3.64. The van der Waals surface area contributed by atoms with E-state index in [-0.39, 0.29) is 59.7 Å². The maximum Gasteiger partial charge on any atom is 0.336 e. The van der Waals surface area contributed by atoms with Crippen LogP contribution in [0.3, 0.4) is 0 Å². The minimum atomic E-state index is -0.997. The first kappa shape index (κ1) is 101. The van der Waals surface area contributed by atoms with Gasteiger partial charge in [0.2, 0.25) is 0 Å². The summed E-state index contributed by atoms with van der Waals surface area (Å²) in [6.45, 7) is 25.8. The topological polar surface area (TPSA) is 266 Å². The monoisotopic (exact) mass is 1880 g/mol. The van der Waals surface area contributed by atoms with Gasteiger partial charge >= 0.3 is 11.9 Å². The third kappa shape index (κ3) is 20.1. The van der Waals surface area contributed by atoms with Gasteiger partial charge in [-0.2, -0.15) is 0 Å². The highest BCUT2D eigenvalue weighted by Crippen LogP contribution is 2.61. The molecule has 17 heteroatoms. The number of ether oxygens (including phenoxy) is 2. The summed E-state index contributed by atoms with van der Waals surface area (Å²) in [5.74, 6) is 0.153. The van der Waals surface area contributed by atoms with Gasteiger partial charge in [0, 0.05) is 73.5 Å². The molecular weight excluding hydrogens is 1740 g/mol. The van der Waals surface area contributed by atoms with Gasteiger partial charge in [-0.15, -0.1) is 0 Å². The Morgan fingerprint density at radius 2 is 0.579 bits per heavy atom. The molecule has 0 radical (unpaired) electrons. The summed E-state index contributed by atoms with van der Waals surface area (Å²) in [5, 5.41) is 92.6. The van der Waals surface area contributed by atoms with E-state index in [1.54, 1.807) is 54.6 Å². The highest BCUT2D eigenvalue weighted by atomic mass is 16.5. The number of likely N-dealkylation sites (tertiary alicyclic amines) is 1. The van der Waals surface area contributed by atoms with Crippen LogP contribution in [0.2, 0.25) is 0 Å². The Labute approximate surface area is 828 Å². The molecule has 5 heterocycles. The normalized spacial score (nSPS) is 26.9. The number of phenolic OH excluding ortho intramolecular Hbond substituents is 5. The number of fused-ring (bicyclic) bond motifs is 10. The quantitative estimate of drug-likeness (QED) is 0.0378. The fourth-order valence-corrected chi connectivity index (χ4v) is 26.7. The smallest absolute Gasteiger partial charge is 0.336 e. The Morgan fingerprint density at radius 3 is 0.843 bits per heavy atom. The average molecular weight is 1880 g/mol. The molecule has 5 saturated heterocycles. The van der Waals surface area contributed by atoms with Crippen LogP contribution in [0.5, 0.6) is 28.7 Å². The van der Waals surface area contributed by atoms with Crippen molar-refractivity contribution >= 4 is 11.9 Å². The molecule has 22 rings (SSSR count). The van der Waals surface area contributed by atoms with Crippen molar-refractivity contribution in [3.8, 4) is 28.7 Å². The maximum absolute atomic E-state index is 12.8. The van der Waals surface area contributed by atoms with Crippen molar-refractivity contribution in [1.82, 2.24) is 26.2 Å². The number of piperidine rings is 5. The fraction of sp³-hybridized carbons (Fsp3) is 0.382. The lowest BCUT2D eigenvalue weighted by atomic mass is 9.50. The zero-order chi connectivity index (χ0) is 98.7. The first-order valence-electron chi connectivity index (χ1n) is 50.2. The Hall–Kier alpha value is -12.0. The van der Waals surface area contributed by atoms with Crippen LogP contribution in [0.1, 0.15) is 174 Å². The maximum atomic E-state index is 12.8. The Bertz CT molecular complexity index is 5820. The minimum absolute atomic E-state index is 0.0405. The van der Waals surface area contributed by atoms with Gasteiger partial charge in [0.25, 0.3) is 0 Å². The number of methoxy groups -OCH3 is 2. The number of hydrogen-bond acceptors (Lipinski definition) is 17. The van der Waals surface area contributed by atoms with Crippen molar-refractivity contribution in [2.75, 3.05) is 93.3 Å². The third-order valence-electron chi connectivity index (χ3n) is 34.5. The molecule has 12 aromatic carbocycles. The zero-order valence-corrected chi connectivity index (χ0v) is 82.8. The van der Waals surface area contributed by atoms with Crippen LogP contribution < -0.4 is 21.3 Å². The lowest BCUT2D eigenvalue weighted by Crippen LogP contribution is -2.61. The van der Waals surface area contributed by atoms with E-state index in [0.29, 0.717) is 40.9 Å². The third-order valence-corrected chi connectivity index (χ3v) is 34.5. The van der Waals surface area contributed by atoms with Gasteiger partial charge in [-0.25, -0.2) is 4.79 Å². The fourth-order valence-electron chi connectivity index (χ4n) is 26.7. The van der Waals surface area contributed by atoms with Gasteiger partial charge < -0.3 is 76.5 Å². The summed E-state index contributed by atoms with van der Waals surface area (Å²) < 4.78 is 9.58. The summed E-state index contributed by atoms with van der Waals surface area (Å²) >= 11 is 0. The van der Waals surface area contributed by atoms with Crippen LogP contribution in [0, 0.1) is 33.0 Å². The van der Waals surface area contributed by atoms with Crippen molar-refractivity contribution in [2.24, 2.45) is 33.0 Å². The van der Waals surface area contributed by atoms with Crippen LogP contribution in [0.15, 0.2) is 315 Å². The van der Waals surface area contributed by atoms with Gasteiger partial charge in [-0.05, 0) is 311 Å². The number of rotatable bonds is 13. The molecule has 0 unspecified atom stereocenters. The van der Waals surface area contributed by atoms with Gasteiger partial charge in [0.1, 0.15) is 34.9 Å². The number of carbonyl (C=O) groups is 2. The van der Waals surface area contributed by atoms with E-state index in [2.05, 4.69) is 224 Å². The molecule has 5 aliphatic heterocycles. The second-order valence-corrected chi connectivity index (χ2v) is 42.6. The van der Waals surface area contributed by atoms with Crippen LogP contribution in [-0.4, -0.2) is 151 Å². The molecule has 5 fully saturated rings. The number of nitrogens with zero attached hydrogens (tertiary/aromatic N) is 1. The molecule has 12 aromatic rings. The van der Waals surface area contributed by atoms with Crippen LogP contribution in [0.25, 0.3) is 0 Å². The molecule has 0 bridgehead atoms. The van der Waals surface area contributed by atoms with Crippen LogP contribution in [-0.2, 0) is 110 Å². The number of benzene rings is 12. The number of aliphatic hydroxyl groups excluding tert-OH is 3. The summed E-state index contributed by atoms with van der Waals surface area (Å²) in [6.07, 6.45) is 14.0. The van der Waals surface area contributed by atoms with Crippen LogP contribution in [0.4, 0.5) is 0 Å². The Kier molecular flexibility index (Phi) is 30.9. The van der Waals surface area contributed by atoms with Gasteiger partial charge in [-0.3, -0.25) is 4.79 Å². The van der Waals surface area contributed by atoms with Crippen molar-refractivity contribution in [2.45, 2.75) is 170 Å². The molecule has 0 amide bonds. The second kappa shape index (κ2) is 42.8. The predicted molar refractivity (Wildman–Crippen MR) is 557 cm³/mol. The number of hydrogen-bond donors (Lipinski definition) is 12. The molecule has 140 heavy (non-hydrogen) atoms. The SMILES string of the molecule is C=C(C(=O)OC)[C@@H](O)c1ccccc1.CO.COC(=O)[C@@H](CN1CC[C@@]2(c3cccc(O)c3)Cc3ccccc3C[C@@]2(C)C1)[C@@H](O)c1ccccc1.C[C@@]12CNCC[C@]1(c1cccc(O)c1)Cc1ccccc1C2.C[C@@]12CNCC[C@]1(c1cccc(O)c1)Cc1ccccc1C2.C[C@]12CNCC[C@@]1(c1cccc(O)c1)Cc1ccccc1C2.C[C@]12CNCC[C@@]1(c1cccc(O)c1)Cc1ccccc1C2. The Balaban J connectivity index is 0.000000123. The number of aliphatic hydroxyl groups is 3. The molecule has 0 spiro atoms. The van der Waals surface area contributed by atoms with E-state index in [4.69, 9.17) is 9.84 Å². The lowest BCUT2D eigenvalue weighted by molar-refractivity contribution is -0.151. The van der Waals surface area contributed by atoms with E-state index in [9.17, 15) is 45.3 Å². The number of aromatic hydroxyl groups is 5. The minimum Gasteiger partial charge on any atom is -0.508 e. The predicted octanol–water partition coefficient (Wildman–Crippen LogP) is 19.4. The highest BCUT2D eigenvalue weighted by molar-refractivity contribution is 5.89. The molecule has 0 aromatic heterocycles. The number of esters is 2.